The average molecular weight is 331 g/mol. The van der Waals surface area contributed by atoms with Gasteiger partial charge in [-0.2, -0.15) is 0 Å². The minimum Gasteiger partial charge on any atom is -0.494 e. The number of likely N-dealkylation sites (N-methyl/N-ethyl adjacent to an activating group) is 1. The van der Waals surface area contributed by atoms with E-state index >= 15 is 0 Å². The van der Waals surface area contributed by atoms with Crippen LogP contribution >= 0.6 is 11.6 Å². The molecule has 1 heterocycles. The molecule has 0 fully saturated rings. The molecule has 4 nitrogen and oxygen atoms in total. The van der Waals surface area contributed by atoms with E-state index in [2.05, 4.69) is 23.3 Å². The standard InChI is InChI=1S/C18H19ClN2O2/c1-21-10-9-13-12(11-21)5-3-8-16(13)20-18(22)14-6-4-7-15(19)17(14)23-2/h3-8H,9-11H2,1-2H3,(H,20,22). The number of amides is 1. The molecule has 1 amide bonds. The monoisotopic (exact) mass is 330 g/mol. The Morgan fingerprint density at radius 1 is 1.26 bits per heavy atom. The summed E-state index contributed by atoms with van der Waals surface area (Å²) in [6.07, 6.45) is 0.926. The average Bonchev–Trinajstić information content (AvgIpc) is 2.54. The van der Waals surface area contributed by atoms with Crippen LogP contribution in [0.1, 0.15) is 21.5 Å². The quantitative estimate of drug-likeness (QED) is 0.935. The second-order valence-electron chi connectivity index (χ2n) is 5.71. The van der Waals surface area contributed by atoms with Crippen LogP contribution in [-0.4, -0.2) is 31.5 Å². The normalized spacial score (nSPS) is 14.2. The molecule has 0 spiro atoms. The molecule has 2 aromatic carbocycles. The molecule has 0 saturated carbocycles. The summed E-state index contributed by atoms with van der Waals surface area (Å²) in [5.41, 5.74) is 3.77. The van der Waals surface area contributed by atoms with Crippen LogP contribution in [0.2, 0.25) is 5.02 Å². The number of carbonyl (C=O) groups excluding carboxylic acids is 1. The number of ether oxygens (including phenoxy) is 1. The molecule has 5 heteroatoms. The van der Waals surface area contributed by atoms with Crippen molar-refractivity contribution in [3.05, 3.63) is 58.1 Å². The number of fused-ring (bicyclic) bond motifs is 1. The third kappa shape index (κ3) is 3.19. The van der Waals surface area contributed by atoms with Crippen molar-refractivity contribution < 1.29 is 9.53 Å². The van der Waals surface area contributed by atoms with Crippen molar-refractivity contribution in [1.29, 1.82) is 0 Å². The highest BCUT2D eigenvalue weighted by Crippen LogP contribution is 2.30. The molecule has 1 aliphatic heterocycles. The van der Waals surface area contributed by atoms with Crippen molar-refractivity contribution in [2.45, 2.75) is 13.0 Å². The first-order valence-corrected chi connectivity index (χ1v) is 7.91. The fourth-order valence-electron chi connectivity index (χ4n) is 2.95. The van der Waals surface area contributed by atoms with Crippen LogP contribution in [0.3, 0.4) is 0 Å². The van der Waals surface area contributed by atoms with E-state index in [1.807, 2.05) is 12.1 Å². The SMILES string of the molecule is COc1c(Cl)cccc1C(=O)Nc1cccc2c1CCN(C)C2. The molecule has 0 aromatic heterocycles. The third-order valence-corrected chi connectivity index (χ3v) is 4.42. The summed E-state index contributed by atoms with van der Waals surface area (Å²) in [5.74, 6) is 0.188. The van der Waals surface area contributed by atoms with Gasteiger partial charge in [0.05, 0.1) is 17.7 Å². The Kier molecular flexibility index (Phi) is 4.55. The highest BCUT2D eigenvalue weighted by molar-refractivity contribution is 6.32. The predicted octanol–water partition coefficient (Wildman–Crippen LogP) is 3.59. The van der Waals surface area contributed by atoms with Crippen LogP contribution in [0.5, 0.6) is 5.75 Å². The predicted molar refractivity (Wildman–Crippen MR) is 92.4 cm³/mol. The first-order chi connectivity index (χ1) is 11.1. The summed E-state index contributed by atoms with van der Waals surface area (Å²) in [7, 11) is 3.61. The molecule has 3 rings (SSSR count). The summed E-state index contributed by atoms with van der Waals surface area (Å²) in [4.78, 5) is 14.9. The van der Waals surface area contributed by atoms with Crippen LogP contribution in [0.25, 0.3) is 0 Å². The molecular weight excluding hydrogens is 312 g/mol. The van der Waals surface area contributed by atoms with Gasteiger partial charge in [-0.25, -0.2) is 0 Å². The van der Waals surface area contributed by atoms with Crippen molar-refractivity contribution in [1.82, 2.24) is 4.90 Å². The summed E-state index contributed by atoms with van der Waals surface area (Å²) in [6, 6.07) is 11.2. The molecule has 0 radical (unpaired) electrons. The smallest absolute Gasteiger partial charge is 0.259 e. The zero-order chi connectivity index (χ0) is 16.4. The highest BCUT2D eigenvalue weighted by Gasteiger charge is 2.19. The van der Waals surface area contributed by atoms with E-state index in [9.17, 15) is 4.79 Å². The van der Waals surface area contributed by atoms with Crippen molar-refractivity contribution in [2.24, 2.45) is 0 Å². The summed E-state index contributed by atoms with van der Waals surface area (Å²) in [5, 5.41) is 3.43. The van der Waals surface area contributed by atoms with Gasteiger partial charge in [0.25, 0.3) is 5.91 Å². The van der Waals surface area contributed by atoms with Gasteiger partial charge in [0.1, 0.15) is 5.75 Å². The van der Waals surface area contributed by atoms with Crippen LogP contribution in [0, 0.1) is 0 Å². The number of rotatable bonds is 3. The van der Waals surface area contributed by atoms with Gasteiger partial charge in [-0.3, -0.25) is 4.79 Å². The number of benzene rings is 2. The number of methoxy groups -OCH3 is 1. The number of carbonyl (C=O) groups is 1. The summed E-state index contributed by atoms with van der Waals surface area (Å²) >= 11 is 6.10. The lowest BCUT2D eigenvalue weighted by molar-refractivity contribution is 0.102. The molecule has 0 bridgehead atoms. The molecule has 1 aliphatic rings. The largest absolute Gasteiger partial charge is 0.494 e. The van der Waals surface area contributed by atoms with Crippen molar-refractivity contribution in [3.8, 4) is 5.75 Å². The Morgan fingerprint density at radius 3 is 2.83 bits per heavy atom. The first kappa shape index (κ1) is 15.8. The second-order valence-corrected chi connectivity index (χ2v) is 6.11. The molecular formula is C18H19ClN2O2. The number of nitrogens with one attached hydrogen (secondary N) is 1. The number of anilines is 1. The topological polar surface area (TPSA) is 41.6 Å². The van der Waals surface area contributed by atoms with Gasteiger partial charge in [0, 0.05) is 18.8 Å². The number of hydrogen-bond acceptors (Lipinski definition) is 3. The fraction of sp³-hybridized carbons (Fsp3) is 0.278. The van der Waals surface area contributed by atoms with Crippen LogP contribution < -0.4 is 10.1 Å². The number of nitrogens with zero attached hydrogens (tertiary/aromatic N) is 1. The lowest BCUT2D eigenvalue weighted by atomic mass is 9.98. The number of hydrogen-bond donors (Lipinski definition) is 1. The lowest BCUT2D eigenvalue weighted by Crippen LogP contribution is -2.27. The van der Waals surface area contributed by atoms with Crippen LogP contribution in [-0.2, 0) is 13.0 Å². The van der Waals surface area contributed by atoms with E-state index in [0.29, 0.717) is 16.3 Å². The van der Waals surface area contributed by atoms with E-state index in [-0.39, 0.29) is 5.91 Å². The Balaban J connectivity index is 1.90. The first-order valence-electron chi connectivity index (χ1n) is 7.53. The Hall–Kier alpha value is -2.04. The maximum atomic E-state index is 12.6. The molecule has 23 heavy (non-hydrogen) atoms. The fourth-order valence-corrected chi connectivity index (χ4v) is 3.20. The van der Waals surface area contributed by atoms with E-state index in [1.165, 1.54) is 18.2 Å². The van der Waals surface area contributed by atoms with Gasteiger partial charge in [0.2, 0.25) is 0 Å². The third-order valence-electron chi connectivity index (χ3n) is 4.12. The highest BCUT2D eigenvalue weighted by atomic mass is 35.5. The minimum atomic E-state index is -0.211. The van der Waals surface area contributed by atoms with Crippen molar-refractivity contribution >= 4 is 23.2 Å². The molecule has 1 N–H and O–H groups in total. The summed E-state index contributed by atoms with van der Waals surface area (Å²) in [6.45, 7) is 1.89. The number of halogens is 1. The van der Waals surface area contributed by atoms with Gasteiger partial charge >= 0.3 is 0 Å². The molecule has 2 aromatic rings. The van der Waals surface area contributed by atoms with Gasteiger partial charge in [-0.15, -0.1) is 0 Å². The Bertz CT molecular complexity index is 746. The van der Waals surface area contributed by atoms with Gasteiger partial charge in [-0.1, -0.05) is 29.8 Å². The summed E-state index contributed by atoms with van der Waals surface area (Å²) < 4.78 is 5.26. The van der Waals surface area contributed by atoms with E-state index in [4.69, 9.17) is 16.3 Å². The second kappa shape index (κ2) is 6.60. The maximum Gasteiger partial charge on any atom is 0.259 e. The molecule has 120 valence electrons. The van der Waals surface area contributed by atoms with E-state index in [1.54, 1.807) is 18.2 Å². The van der Waals surface area contributed by atoms with Crippen molar-refractivity contribution in [3.63, 3.8) is 0 Å². The zero-order valence-electron chi connectivity index (χ0n) is 13.2. The number of para-hydroxylation sites is 1. The van der Waals surface area contributed by atoms with Crippen LogP contribution in [0.4, 0.5) is 5.69 Å². The van der Waals surface area contributed by atoms with Gasteiger partial charge in [-0.05, 0) is 42.8 Å². The molecule has 0 saturated heterocycles. The van der Waals surface area contributed by atoms with Gasteiger partial charge in [0.15, 0.2) is 0 Å². The van der Waals surface area contributed by atoms with Gasteiger partial charge < -0.3 is 15.0 Å². The van der Waals surface area contributed by atoms with Crippen molar-refractivity contribution in [2.75, 3.05) is 26.0 Å². The zero-order valence-corrected chi connectivity index (χ0v) is 14.0. The minimum absolute atomic E-state index is 0.211. The van der Waals surface area contributed by atoms with Crippen LogP contribution in [0.15, 0.2) is 36.4 Å². The Morgan fingerprint density at radius 2 is 2.04 bits per heavy atom. The molecule has 0 unspecified atom stereocenters. The molecule has 0 atom stereocenters. The van der Waals surface area contributed by atoms with E-state index in [0.717, 1.165) is 25.2 Å². The van der Waals surface area contributed by atoms with E-state index < -0.39 is 0 Å². The molecule has 0 aliphatic carbocycles. The maximum absolute atomic E-state index is 12.6. The lowest BCUT2D eigenvalue weighted by Gasteiger charge is -2.26. The Labute approximate surface area is 141 Å².